The van der Waals surface area contributed by atoms with Crippen molar-refractivity contribution >= 4 is 0 Å². The van der Waals surface area contributed by atoms with Crippen molar-refractivity contribution in [2.45, 2.75) is 13.5 Å². The van der Waals surface area contributed by atoms with Crippen molar-refractivity contribution in [2.24, 2.45) is 0 Å². The van der Waals surface area contributed by atoms with Gasteiger partial charge >= 0.3 is 0 Å². The molecule has 0 bridgehead atoms. The fourth-order valence-electron chi connectivity index (χ4n) is 1.68. The third-order valence-electron chi connectivity index (χ3n) is 2.49. The highest BCUT2D eigenvalue weighted by atomic mass is 16.5. The van der Waals surface area contributed by atoms with Crippen LogP contribution in [0.3, 0.4) is 0 Å². The quantitative estimate of drug-likeness (QED) is 0.807. The monoisotopic (exact) mass is 227 g/mol. The number of benzene rings is 1. The Morgan fingerprint density at radius 3 is 2.88 bits per heavy atom. The lowest BCUT2D eigenvalue weighted by Crippen LogP contribution is -2.00. The first-order valence-electron chi connectivity index (χ1n) is 5.29. The molecule has 2 aromatic rings. The number of ether oxygens (including phenoxy) is 1. The zero-order valence-electron chi connectivity index (χ0n) is 9.84. The molecule has 1 aromatic heterocycles. The summed E-state index contributed by atoms with van der Waals surface area (Å²) in [6.07, 6.45) is 3.78. The largest absolute Gasteiger partial charge is 0.495 e. The normalized spacial score (nSPS) is 9.94. The molecule has 4 nitrogen and oxygen atoms in total. The maximum Gasteiger partial charge on any atom is 0.136 e. The number of nitriles is 1. The minimum atomic E-state index is 0.550. The van der Waals surface area contributed by atoms with Gasteiger partial charge in [0.15, 0.2) is 0 Å². The van der Waals surface area contributed by atoms with E-state index in [9.17, 15) is 0 Å². The van der Waals surface area contributed by atoms with Crippen LogP contribution in [0.25, 0.3) is 0 Å². The van der Waals surface area contributed by atoms with Gasteiger partial charge in [0.2, 0.25) is 0 Å². The zero-order chi connectivity index (χ0) is 12.3. The second-order valence-electron chi connectivity index (χ2n) is 3.86. The van der Waals surface area contributed by atoms with E-state index >= 15 is 0 Å². The molecular formula is C13H13N3O. The molecule has 17 heavy (non-hydrogen) atoms. The van der Waals surface area contributed by atoms with Gasteiger partial charge in [-0.25, -0.2) is 0 Å². The van der Waals surface area contributed by atoms with Gasteiger partial charge in [0.1, 0.15) is 11.8 Å². The van der Waals surface area contributed by atoms with Crippen molar-refractivity contribution in [2.75, 3.05) is 7.11 Å². The molecule has 0 aliphatic carbocycles. The third kappa shape index (κ3) is 2.45. The summed E-state index contributed by atoms with van der Waals surface area (Å²) in [6.45, 7) is 2.66. The van der Waals surface area contributed by atoms with Crippen molar-refractivity contribution in [3.63, 3.8) is 0 Å². The van der Waals surface area contributed by atoms with Gasteiger partial charge in [-0.2, -0.15) is 10.4 Å². The van der Waals surface area contributed by atoms with E-state index in [1.54, 1.807) is 7.11 Å². The summed E-state index contributed by atoms with van der Waals surface area (Å²) >= 11 is 0. The van der Waals surface area contributed by atoms with Crippen LogP contribution in [0.15, 0.2) is 30.6 Å². The van der Waals surface area contributed by atoms with Crippen LogP contribution < -0.4 is 4.74 Å². The first-order valence-corrected chi connectivity index (χ1v) is 5.29. The number of aromatic nitrogens is 2. The summed E-state index contributed by atoms with van der Waals surface area (Å²) in [5.74, 6) is 0.605. The van der Waals surface area contributed by atoms with Crippen LogP contribution >= 0.6 is 0 Å². The fourth-order valence-corrected chi connectivity index (χ4v) is 1.68. The first-order chi connectivity index (χ1) is 8.22. The Labute approximate surface area is 100 Å². The lowest BCUT2D eigenvalue weighted by Gasteiger charge is -2.06. The van der Waals surface area contributed by atoms with E-state index in [2.05, 4.69) is 11.2 Å². The molecule has 0 saturated heterocycles. The number of nitrogens with zero attached hydrogens (tertiary/aromatic N) is 3. The van der Waals surface area contributed by atoms with E-state index in [0.29, 0.717) is 17.9 Å². The van der Waals surface area contributed by atoms with Crippen LogP contribution in [0.2, 0.25) is 0 Å². The van der Waals surface area contributed by atoms with E-state index in [1.807, 2.05) is 42.2 Å². The maximum absolute atomic E-state index is 8.99. The molecule has 0 aliphatic rings. The minimum Gasteiger partial charge on any atom is -0.495 e. The molecule has 0 N–H and O–H groups in total. The standard InChI is InChI=1S/C13H13N3O/c1-10-7-15-16(8-10)9-11-3-4-13(17-2)12(5-11)6-14/h3-5,7-8H,9H2,1-2H3. The fraction of sp³-hybridized carbons (Fsp3) is 0.231. The Hall–Kier alpha value is -2.28. The second kappa shape index (κ2) is 4.71. The van der Waals surface area contributed by atoms with Crippen molar-refractivity contribution in [3.05, 3.63) is 47.3 Å². The lowest BCUT2D eigenvalue weighted by molar-refractivity contribution is 0.413. The number of hydrogen-bond acceptors (Lipinski definition) is 3. The minimum absolute atomic E-state index is 0.550. The molecule has 0 unspecified atom stereocenters. The number of hydrogen-bond donors (Lipinski definition) is 0. The first kappa shape index (κ1) is 11.2. The van der Waals surface area contributed by atoms with E-state index < -0.39 is 0 Å². The Kier molecular flexibility index (Phi) is 3.10. The van der Waals surface area contributed by atoms with Gasteiger partial charge in [-0.05, 0) is 30.2 Å². The number of rotatable bonds is 3. The molecule has 0 radical (unpaired) electrons. The maximum atomic E-state index is 8.99. The summed E-state index contributed by atoms with van der Waals surface area (Å²) in [7, 11) is 1.56. The van der Waals surface area contributed by atoms with Crippen LogP contribution in [0.1, 0.15) is 16.7 Å². The Bertz CT molecular complexity index is 566. The van der Waals surface area contributed by atoms with Gasteiger partial charge in [-0.1, -0.05) is 6.07 Å². The summed E-state index contributed by atoms with van der Waals surface area (Å²) in [6, 6.07) is 7.70. The zero-order valence-corrected chi connectivity index (χ0v) is 9.84. The molecule has 0 aliphatic heterocycles. The predicted octanol–water partition coefficient (Wildman–Crippen LogP) is 2.12. The average molecular weight is 227 g/mol. The van der Waals surface area contributed by atoms with Gasteiger partial charge < -0.3 is 4.74 Å². The van der Waals surface area contributed by atoms with Crippen molar-refractivity contribution in [3.8, 4) is 11.8 Å². The predicted molar refractivity (Wildman–Crippen MR) is 63.8 cm³/mol. The number of methoxy groups -OCH3 is 1. The summed E-state index contributed by atoms with van der Waals surface area (Å²) < 4.78 is 6.95. The van der Waals surface area contributed by atoms with E-state index in [1.165, 1.54) is 0 Å². The summed E-state index contributed by atoms with van der Waals surface area (Å²) in [5.41, 5.74) is 2.71. The lowest BCUT2D eigenvalue weighted by atomic mass is 10.1. The van der Waals surface area contributed by atoms with Gasteiger partial charge in [-0.3, -0.25) is 4.68 Å². The van der Waals surface area contributed by atoms with Crippen LogP contribution in [-0.2, 0) is 6.54 Å². The molecule has 0 fully saturated rings. The average Bonchev–Trinajstić information content (AvgIpc) is 2.74. The SMILES string of the molecule is COc1ccc(Cn2cc(C)cn2)cc1C#N. The molecule has 2 rings (SSSR count). The molecule has 86 valence electrons. The van der Waals surface area contributed by atoms with Crippen molar-refractivity contribution in [1.29, 1.82) is 5.26 Å². The molecule has 0 spiro atoms. The molecule has 1 aromatic carbocycles. The molecule has 0 saturated carbocycles. The smallest absolute Gasteiger partial charge is 0.136 e. The van der Waals surface area contributed by atoms with Crippen LogP contribution in [-0.4, -0.2) is 16.9 Å². The van der Waals surface area contributed by atoms with Gasteiger partial charge in [0.05, 0.1) is 25.4 Å². The van der Waals surface area contributed by atoms with E-state index in [-0.39, 0.29) is 0 Å². The molecule has 0 atom stereocenters. The highest BCUT2D eigenvalue weighted by Crippen LogP contribution is 2.19. The molecule has 0 amide bonds. The van der Waals surface area contributed by atoms with Crippen LogP contribution in [0.5, 0.6) is 5.75 Å². The van der Waals surface area contributed by atoms with Gasteiger partial charge in [0.25, 0.3) is 0 Å². The Morgan fingerprint density at radius 2 is 2.29 bits per heavy atom. The van der Waals surface area contributed by atoms with E-state index in [0.717, 1.165) is 11.1 Å². The topological polar surface area (TPSA) is 50.8 Å². The second-order valence-corrected chi connectivity index (χ2v) is 3.86. The van der Waals surface area contributed by atoms with Crippen LogP contribution in [0, 0.1) is 18.3 Å². The third-order valence-corrected chi connectivity index (χ3v) is 2.49. The molecule has 1 heterocycles. The highest BCUT2D eigenvalue weighted by molar-refractivity contribution is 5.45. The van der Waals surface area contributed by atoms with Crippen molar-refractivity contribution in [1.82, 2.24) is 9.78 Å². The Balaban J connectivity index is 2.26. The van der Waals surface area contributed by atoms with Gasteiger partial charge in [0, 0.05) is 6.20 Å². The Morgan fingerprint density at radius 1 is 1.47 bits per heavy atom. The van der Waals surface area contributed by atoms with Crippen molar-refractivity contribution < 1.29 is 4.74 Å². The molecule has 4 heteroatoms. The molecular weight excluding hydrogens is 214 g/mol. The highest BCUT2D eigenvalue weighted by Gasteiger charge is 2.04. The van der Waals surface area contributed by atoms with E-state index in [4.69, 9.17) is 10.00 Å². The van der Waals surface area contributed by atoms with Gasteiger partial charge in [-0.15, -0.1) is 0 Å². The summed E-state index contributed by atoms with van der Waals surface area (Å²) in [5, 5.41) is 13.2. The number of aryl methyl sites for hydroxylation is 1. The summed E-state index contributed by atoms with van der Waals surface area (Å²) in [4.78, 5) is 0. The van der Waals surface area contributed by atoms with Crippen LogP contribution in [0.4, 0.5) is 0 Å².